The molecule has 0 saturated heterocycles. The highest BCUT2D eigenvalue weighted by molar-refractivity contribution is 5.79. The van der Waals surface area contributed by atoms with Crippen LogP contribution in [0.1, 0.15) is 31.2 Å². The third-order valence-electron chi connectivity index (χ3n) is 6.30. The summed E-state index contributed by atoms with van der Waals surface area (Å²) in [4.78, 5) is 24.0. The van der Waals surface area contributed by atoms with Gasteiger partial charge in [0.2, 0.25) is 0 Å². The van der Waals surface area contributed by atoms with Crippen LogP contribution in [0, 0.1) is 0 Å². The molecule has 0 unspecified atom stereocenters. The normalized spacial score (nSPS) is 16.6. The Labute approximate surface area is 185 Å². The zero-order chi connectivity index (χ0) is 22.0. The largest absolute Gasteiger partial charge is 0.486 e. The average Bonchev–Trinajstić information content (AvgIpc) is 3.31. The van der Waals surface area contributed by atoms with Crippen molar-refractivity contribution in [1.29, 1.82) is 0 Å². The molecule has 2 heterocycles. The first kappa shape index (κ1) is 20.4. The third-order valence-corrected chi connectivity index (χ3v) is 6.30. The molecule has 7 heteroatoms. The molecule has 32 heavy (non-hydrogen) atoms. The highest BCUT2D eigenvalue weighted by atomic mass is 16.6. The van der Waals surface area contributed by atoms with Crippen molar-refractivity contribution < 1.29 is 23.4 Å². The van der Waals surface area contributed by atoms with E-state index in [1.54, 1.807) is 24.3 Å². The summed E-state index contributed by atoms with van der Waals surface area (Å²) < 4.78 is 22.2. The van der Waals surface area contributed by atoms with Gasteiger partial charge in [0.05, 0.1) is 0 Å². The molecule has 3 aromatic rings. The van der Waals surface area contributed by atoms with Gasteiger partial charge >= 0.3 is 5.63 Å². The van der Waals surface area contributed by atoms with Gasteiger partial charge in [0, 0.05) is 29.5 Å². The van der Waals surface area contributed by atoms with E-state index in [9.17, 15) is 9.59 Å². The van der Waals surface area contributed by atoms with Crippen molar-refractivity contribution in [2.75, 3.05) is 26.4 Å². The minimum Gasteiger partial charge on any atom is -0.486 e. The molecule has 2 aliphatic rings. The van der Waals surface area contributed by atoms with E-state index in [0.29, 0.717) is 31.1 Å². The Balaban J connectivity index is 1.23. The van der Waals surface area contributed by atoms with E-state index in [4.69, 9.17) is 18.6 Å². The van der Waals surface area contributed by atoms with Gasteiger partial charge in [-0.15, -0.1) is 0 Å². The van der Waals surface area contributed by atoms with Gasteiger partial charge in [0.15, 0.2) is 18.1 Å². The first-order chi connectivity index (χ1) is 15.6. The quantitative estimate of drug-likeness (QED) is 0.596. The molecule has 0 spiro atoms. The number of ether oxygens (including phenoxy) is 3. The molecule has 1 aliphatic carbocycles. The first-order valence-corrected chi connectivity index (χ1v) is 10.9. The van der Waals surface area contributed by atoms with Crippen LogP contribution in [0.3, 0.4) is 0 Å². The molecular formula is C25H25NO6. The number of carbonyl (C=O) groups is 1. The van der Waals surface area contributed by atoms with Crippen LogP contribution in [-0.4, -0.2) is 32.3 Å². The van der Waals surface area contributed by atoms with Crippen molar-refractivity contribution >= 4 is 16.9 Å². The van der Waals surface area contributed by atoms with Gasteiger partial charge in [0.1, 0.15) is 24.5 Å². The lowest BCUT2D eigenvalue weighted by Gasteiger charge is -2.31. The number of amides is 1. The third kappa shape index (κ3) is 4.15. The standard InChI is InChI=1S/C25H25NO6/c27-23(15-31-19-6-3-17-4-8-24(28)32-21(17)14-19)26-16-25(9-1-2-10-25)18-5-7-20-22(13-18)30-12-11-29-20/h3-8,13-14H,1-2,9-12,15-16H2,(H,26,27). The summed E-state index contributed by atoms with van der Waals surface area (Å²) >= 11 is 0. The molecule has 0 bridgehead atoms. The molecule has 0 atom stereocenters. The zero-order valence-corrected chi connectivity index (χ0v) is 17.7. The number of benzene rings is 2. The Morgan fingerprint density at radius 2 is 1.75 bits per heavy atom. The van der Waals surface area contributed by atoms with Crippen LogP contribution in [0.2, 0.25) is 0 Å². The molecule has 7 nitrogen and oxygen atoms in total. The Hall–Kier alpha value is -3.48. The maximum atomic E-state index is 12.5. The Morgan fingerprint density at radius 1 is 0.969 bits per heavy atom. The second kappa shape index (κ2) is 8.57. The molecule has 166 valence electrons. The molecule has 2 aromatic carbocycles. The maximum absolute atomic E-state index is 12.5. The Morgan fingerprint density at radius 3 is 2.59 bits per heavy atom. The smallest absolute Gasteiger partial charge is 0.336 e. The molecule has 1 aliphatic heterocycles. The summed E-state index contributed by atoms with van der Waals surface area (Å²) in [5.41, 5.74) is 1.06. The monoisotopic (exact) mass is 435 g/mol. The molecule has 1 N–H and O–H groups in total. The van der Waals surface area contributed by atoms with Crippen LogP contribution in [0.5, 0.6) is 17.2 Å². The van der Waals surface area contributed by atoms with Gasteiger partial charge < -0.3 is 23.9 Å². The van der Waals surface area contributed by atoms with Crippen LogP contribution in [-0.2, 0) is 10.2 Å². The fraction of sp³-hybridized carbons (Fsp3) is 0.360. The van der Waals surface area contributed by atoms with Crippen molar-refractivity contribution in [1.82, 2.24) is 5.32 Å². The number of fused-ring (bicyclic) bond motifs is 2. The maximum Gasteiger partial charge on any atom is 0.336 e. The number of hydrogen-bond acceptors (Lipinski definition) is 6. The predicted molar refractivity (Wildman–Crippen MR) is 119 cm³/mol. The van der Waals surface area contributed by atoms with E-state index in [1.165, 1.54) is 11.6 Å². The fourth-order valence-corrected chi connectivity index (χ4v) is 4.59. The fourth-order valence-electron chi connectivity index (χ4n) is 4.59. The molecule has 1 amide bonds. The topological polar surface area (TPSA) is 87.0 Å². The second-order valence-corrected chi connectivity index (χ2v) is 8.37. The minimum atomic E-state index is -0.423. The predicted octanol–water partition coefficient (Wildman–Crippen LogP) is 3.57. The zero-order valence-electron chi connectivity index (χ0n) is 17.7. The van der Waals surface area contributed by atoms with Crippen LogP contribution in [0.25, 0.3) is 11.0 Å². The van der Waals surface area contributed by atoms with E-state index in [2.05, 4.69) is 17.4 Å². The average molecular weight is 435 g/mol. The number of carbonyl (C=O) groups excluding carboxylic acids is 1. The lowest BCUT2D eigenvalue weighted by atomic mass is 9.78. The van der Waals surface area contributed by atoms with Crippen molar-refractivity contribution in [2.24, 2.45) is 0 Å². The lowest BCUT2D eigenvalue weighted by Crippen LogP contribution is -2.41. The summed E-state index contributed by atoms with van der Waals surface area (Å²) in [7, 11) is 0. The van der Waals surface area contributed by atoms with Crippen molar-refractivity contribution in [2.45, 2.75) is 31.1 Å². The molecule has 1 saturated carbocycles. The number of nitrogens with one attached hydrogen (secondary N) is 1. The summed E-state index contributed by atoms with van der Waals surface area (Å²) in [6.45, 7) is 1.55. The van der Waals surface area contributed by atoms with Crippen molar-refractivity contribution in [3.8, 4) is 17.2 Å². The van der Waals surface area contributed by atoms with Crippen LogP contribution >= 0.6 is 0 Å². The molecule has 5 rings (SSSR count). The molecule has 0 radical (unpaired) electrons. The summed E-state index contributed by atoms with van der Waals surface area (Å²) in [6.07, 6.45) is 4.28. The Kier molecular flexibility index (Phi) is 5.47. The van der Waals surface area contributed by atoms with Gasteiger partial charge in [-0.25, -0.2) is 4.79 Å². The van der Waals surface area contributed by atoms with E-state index in [0.717, 1.165) is 42.6 Å². The van der Waals surface area contributed by atoms with E-state index < -0.39 is 5.63 Å². The first-order valence-electron chi connectivity index (χ1n) is 10.9. The van der Waals surface area contributed by atoms with Gasteiger partial charge in [-0.3, -0.25) is 4.79 Å². The summed E-state index contributed by atoms with van der Waals surface area (Å²) in [5.74, 6) is 1.84. The molecular weight excluding hydrogens is 410 g/mol. The molecule has 1 aromatic heterocycles. The highest BCUT2D eigenvalue weighted by Crippen LogP contribution is 2.43. The Bertz CT molecular complexity index is 1190. The summed E-state index contributed by atoms with van der Waals surface area (Å²) in [5, 5.41) is 3.85. The van der Waals surface area contributed by atoms with Gasteiger partial charge in [-0.05, 0) is 48.7 Å². The second-order valence-electron chi connectivity index (χ2n) is 8.37. The van der Waals surface area contributed by atoms with E-state index in [-0.39, 0.29) is 17.9 Å². The highest BCUT2D eigenvalue weighted by Gasteiger charge is 2.36. The number of rotatable bonds is 6. The summed E-state index contributed by atoms with van der Waals surface area (Å²) in [6, 6.07) is 14.3. The van der Waals surface area contributed by atoms with Gasteiger partial charge in [-0.2, -0.15) is 0 Å². The van der Waals surface area contributed by atoms with Gasteiger partial charge in [-0.1, -0.05) is 18.9 Å². The minimum absolute atomic E-state index is 0.111. The molecule has 1 fully saturated rings. The van der Waals surface area contributed by atoms with Gasteiger partial charge in [0.25, 0.3) is 5.91 Å². The lowest BCUT2D eigenvalue weighted by molar-refractivity contribution is -0.123. The van der Waals surface area contributed by atoms with E-state index >= 15 is 0 Å². The van der Waals surface area contributed by atoms with Crippen LogP contribution in [0.4, 0.5) is 0 Å². The number of hydrogen-bond donors (Lipinski definition) is 1. The van der Waals surface area contributed by atoms with Crippen molar-refractivity contribution in [3.05, 3.63) is 64.5 Å². The van der Waals surface area contributed by atoms with Crippen LogP contribution in [0.15, 0.2) is 57.7 Å². The van der Waals surface area contributed by atoms with Crippen molar-refractivity contribution in [3.63, 3.8) is 0 Å². The van der Waals surface area contributed by atoms with E-state index in [1.807, 2.05) is 6.07 Å². The SMILES string of the molecule is O=C(COc1ccc2ccc(=O)oc2c1)NCC1(c2ccc3c(c2)OCCO3)CCCC1. The van der Waals surface area contributed by atoms with Crippen LogP contribution < -0.4 is 25.2 Å².